The molecule has 196 valence electrons. The van der Waals surface area contributed by atoms with Gasteiger partial charge in [0.25, 0.3) is 5.91 Å². The van der Waals surface area contributed by atoms with Crippen LogP contribution in [-0.4, -0.2) is 20.1 Å². The Hall–Kier alpha value is -5.29. The number of carbonyl (C=O) groups is 1. The first-order chi connectivity index (χ1) is 18.9. The van der Waals surface area contributed by atoms with Gasteiger partial charge in [-0.25, -0.2) is 4.39 Å². The van der Waals surface area contributed by atoms with Gasteiger partial charge in [-0.15, -0.1) is 0 Å². The lowest BCUT2D eigenvalue weighted by molar-refractivity contribution is 0.102. The molecule has 4 aromatic carbocycles. The van der Waals surface area contributed by atoms with Crippen LogP contribution in [0.25, 0.3) is 11.1 Å². The topological polar surface area (TPSA) is 101 Å². The first kappa shape index (κ1) is 26.8. The van der Waals surface area contributed by atoms with Crippen molar-refractivity contribution in [3.05, 3.63) is 108 Å². The summed E-state index contributed by atoms with van der Waals surface area (Å²) in [6.07, 6.45) is 3.45. The van der Waals surface area contributed by atoms with Crippen LogP contribution in [0.3, 0.4) is 0 Å². The molecule has 8 heteroatoms. The minimum Gasteiger partial charge on any atom is -0.493 e. The van der Waals surface area contributed by atoms with E-state index in [-0.39, 0.29) is 17.1 Å². The molecule has 7 nitrogen and oxygen atoms in total. The Morgan fingerprint density at radius 3 is 2.23 bits per heavy atom. The van der Waals surface area contributed by atoms with E-state index in [2.05, 4.69) is 11.4 Å². The van der Waals surface area contributed by atoms with Crippen molar-refractivity contribution >= 4 is 28.7 Å². The first-order valence-corrected chi connectivity index (χ1v) is 12.0. The van der Waals surface area contributed by atoms with Crippen molar-refractivity contribution in [1.29, 1.82) is 5.26 Å². The summed E-state index contributed by atoms with van der Waals surface area (Å²) in [6.45, 7) is 1.81. The second-order valence-corrected chi connectivity index (χ2v) is 8.50. The van der Waals surface area contributed by atoms with Crippen LogP contribution in [0.15, 0.2) is 91.1 Å². The van der Waals surface area contributed by atoms with Crippen LogP contribution in [0, 0.1) is 17.1 Å². The summed E-state index contributed by atoms with van der Waals surface area (Å²) in [5, 5.41) is 11.9. The lowest BCUT2D eigenvalue weighted by Gasteiger charge is -2.23. The zero-order valence-electron chi connectivity index (χ0n) is 21.7. The van der Waals surface area contributed by atoms with E-state index in [9.17, 15) is 4.79 Å². The molecule has 0 saturated heterocycles. The predicted octanol–water partition coefficient (Wildman–Crippen LogP) is 6.89. The predicted molar refractivity (Wildman–Crippen MR) is 152 cm³/mol. The summed E-state index contributed by atoms with van der Waals surface area (Å²) in [5.41, 5.74) is 9.93. The van der Waals surface area contributed by atoms with E-state index in [1.54, 1.807) is 74.7 Å². The summed E-state index contributed by atoms with van der Waals surface area (Å²) in [5.74, 6) is 0.273. The fourth-order valence-electron chi connectivity index (χ4n) is 4.05. The second-order valence-electron chi connectivity index (χ2n) is 8.50. The molecule has 0 saturated carbocycles. The molecule has 0 spiro atoms. The van der Waals surface area contributed by atoms with E-state index in [0.717, 1.165) is 11.1 Å². The van der Waals surface area contributed by atoms with E-state index in [1.807, 2.05) is 30.3 Å². The van der Waals surface area contributed by atoms with Gasteiger partial charge in [-0.3, -0.25) is 4.79 Å². The van der Waals surface area contributed by atoms with E-state index in [1.165, 1.54) is 12.1 Å². The standard InChI is InChI=1S/C31H27FN4O3/c1-4-15-36(24-12-5-20(19-33)6-13-24)28-18-27(26(34)17-25(28)32)35-31(37)22-9-7-21(8-10-22)23-11-14-29(38-2)30(16-23)39-3/h4-18H,34H2,1-3H3,(H,35,37)/b15-4-. The number of allylic oxidation sites excluding steroid dienone is 1. The van der Waals surface area contributed by atoms with Gasteiger partial charge in [-0.05, 0) is 72.6 Å². The van der Waals surface area contributed by atoms with Gasteiger partial charge in [0.05, 0.1) is 42.9 Å². The molecule has 1 amide bonds. The fourth-order valence-corrected chi connectivity index (χ4v) is 4.05. The van der Waals surface area contributed by atoms with Crippen LogP contribution in [-0.2, 0) is 0 Å². The van der Waals surface area contributed by atoms with Gasteiger partial charge in [-0.1, -0.05) is 24.3 Å². The number of rotatable bonds is 8. The monoisotopic (exact) mass is 522 g/mol. The number of nitrogen functional groups attached to an aromatic ring is 1. The smallest absolute Gasteiger partial charge is 0.255 e. The van der Waals surface area contributed by atoms with Gasteiger partial charge in [0, 0.05) is 23.5 Å². The highest BCUT2D eigenvalue weighted by molar-refractivity contribution is 6.06. The highest BCUT2D eigenvalue weighted by Crippen LogP contribution is 2.35. The summed E-state index contributed by atoms with van der Waals surface area (Å²) >= 11 is 0. The number of nitrogens with one attached hydrogen (secondary N) is 1. The number of hydrogen-bond acceptors (Lipinski definition) is 6. The summed E-state index contributed by atoms with van der Waals surface area (Å²) in [7, 11) is 3.15. The Labute approximate surface area is 226 Å². The molecule has 0 fully saturated rings. The minimum atomic E-state index is -0.563. The molecule has 0 bridgehead atoms. The van der Waals surface area contributed by atoms with Gasteiger partial charge >= 0.3 is 0 Å². The maximum atomic E-state index is 15.1. The number of ether oxygens (including phenoxy) is 2. The van der Waals surface area contributed by atoms with Gasteiger partial charge < -0.3 is 25.4 Å². The molecule has 0 heterocycles. The van der Waals surface area contributed by atoms with Crippen molar-refractivity contribution in [1.82, 2.24) is 0 Å². The Kier molecular flexibility index (Phi) is 8.12. The van der Waals surface area contributed by atoms with Crippen molar-refractivity contribution in [2.75, 3.05) is 30.2 Å². The zero-order valence-corrected chi connectivity index (χ0v) is 21.7. The second kappa shape index (κ2) is 11.8. The average Bonchev–Trinajstić information content (AvgIpc) is 2.97. The zero-order chi connectivity index (χ0) is 27.9. The molecule has 0 unspecified atom stereocenters. The van der Waals surface area contributed by atoms with Crippen LogP contribution < -0.4 is 25.4 Å². The third-order valence-corrected chi connectivity index (χ3v) is 6.06. The van der Waals surface area contributed by atoms with Crippen molar-refractivity contribution in [2.24, 2.45) is 0 Å². The molecule has 0 aromatic heterocycles. The van der Waals surface area contributed by atoms with Gasteiger partial charge in [0.2, 0.25) is 0 Å². The number of carbonyl (C=O) groups excluding carboxylic acids is 1. The Balaban J connectivity index is 1.59. The summed E-state index contributed by atoms with van der Waals surface area (Å²) in [4.78, 5) is 14.7. The molecule has 39 heavy (non-hydrogen) atoms. The van der Waals surface area contributed by atoms with E-state index < -0.39 is 11.7 Å². The third-order valence-electron chi connectivity index (χ3n) is 6.06. The number of methoxy groups -OCH3 is 2. The summed E-state index contributed by atoms with van der Waals surface area (Å²) in [6, 6.07) is 24.1. The molecule has 0 aliphatic rings. The van der Waals surface area contributed by atoms with E-state index >= 15 is 4.39 Å². The molecule has 0 radical (unpaired) electrons. The Bertz CT molecular complexity index is 1560. The minimum absolute atomic E-state index is 0.0896. The lowest BCUT2D eigenvalue weighted by Crippen LogP contribution is -2.15. The Morgan fingerprint density at radius 2 is 1.62 bits per heavy atom. The van der Waals surface area contributed by atoms with Gasteiger partial charge in [0.15, 0.2) is 11.5 Å². The highest BCUT2D eigenvalue weighted by atomic mass is 19.1. The highest BCUT2D eigenvalue weighted by Gasteiger charge is 2.17. The molecule has 4 aromatic rings. The molecule has 0 aliphatic carbocycles. The lowest BCUT2D eigenvalue weighted by atomic mass is 10.0. The number of anilines is 4. The normalized spacial score (nSPS) is 10.6. The van der Waals surface area contributed by atoms with Crippen LogP contribution >= 0.6 is 0 Å². The molecule has 3 N–H and O–H groups in total. The number of nitrogens with zero attached hydrogens (tertiary/aromatic N) is 2. The maximum absolute atomic E-state index is 15.1. The first-order valence-electron chi connectivity index (χ1n) is 12.0. The van der Waals surface area contributed by atoms with E-state index in [0.29, 0.717) is 28.3 Å². The van der Waals surface area contributed by atoms with Crippen LogP contribution in [0.4, 0.5) is 27.1 Å². The molecule has 4 rings (SSSR count). The molecule has 0 atom stereocenters. The summed E-state index contributed by atoms with van der Waals surface area (Å²) < 4.78 is 25.7. The van der Waals surface area contributed by atoms with Crippen LogP contribution in [0.5, 0.6) is 11.5 Å². The van der Waals surface area contributed by atoms with Crippen molar-refractivity contribution in [3.63, 3.8) is 0 Å². The number of nitrogens with two attached hydrogens (primary N) is 1. The SMILES string of the molecule is C/C=C\N(c1ccc(C#N)cc1)c1cc(NC(=O)c2ccc(-c3ccc(OC)c(OC)c3)cc2)c(N)cc1F. The number of halogens is 1. The van der Waals surface area contributed by atoms with Crippen LogP contribution in [0.1, 0.15) is 22.8 Å². The van der Waals surface area contributed by atoms with Crippen molar-refractivity contribution in [2.45, 2.75) is 6.92 Å². The molecular formula is C31H27FN4O3. The van der Waals surface area contributed by atoms with Crippen molar-refractivity contribution < 1.29 is 18.7 Å². The van der Waals surface area contributed by atoms with Crippen molar-refractivity contribution in [3.8, 4) is 28.7 Å². The number of nitriles is 1. The maximum Gasteiger partial charge on any atom is 0.255 e. The van der Waals surface area contributed by atoms with Gasteiger partial charge in [-0.2, -0.15) is 5.26 Å². The number of amides is 1. The molecule has 0 aliphatic heterocycles. The Morgan fingerprint density at radius 1 is 0.949 bits per heavy atom. The molecular weight excluding hydrogens is 495 g/mol. The van der Waals surface area contributed by atoms with Crippen LogP contribution in [0.2, 0.25) is 0 Å². The fraction of sp³-hybridized carbons (Fsp3) is 0.0968. The third kappa shape index (κ3) is 5.84. The largest absolute Gasteiger partial charge is 0.493 e. The van der Waals surface area contributed by atoms with Gasteiger partial charge in [0.1, 0.15) is 5.82 Å². The number of hydrogen-bond donors (Lipinski definition) is 2. The van der Waals surface area contributed by atoms with E-state index in [4.69, 9.17) is 20.5 Å². The average molecular weight is 523 g/mol. The number of benzene rings is 4. The quantitative estimate of drug-likeness (QED) is 0.245.